The zero-order valence-corrected chi connectivity index (χ0v) is 33.0. The molecule has 0 saturated heterocycles. The van der Waals surface area contributed by atoms with Crippen LogP contribution in [0.1, 0.15) is 185 Å². The highest BCUT2D eigenvalue weighted by Crippen LogP contribution is 2.42. The Bertz CT molecular complexity index is 1110. The molecule has 0 N–H and O–H groups in total. The standard InChI is InChI=1S/C45H74O5/c1-6-11-32-46-44(47-33-12-7-2)42-30-29-41-39-27-24-23-26-38(39)37-43(41)40(42)28-22-20-18-16-17-19-21-25-31-45(48-34-13-8-3,49-35-14-9-4)50-36-15-10-5/h23-24,26-27,29-30,44H,6-22,25,28,31-37H2,1-5H3. The summed E-state index contributed by atoms with van der Waals surface area (Å²) in [6.45, 7) is 14.6. The molecule has 3 rings (SSSR count). The summed E-state index contributed by atoms with van der Waals surface area (Å²) in [4.78, 5) is 0. The van der Waals surface area contributed by atoms with Gasteiger partial charge in [-0.3, -0.25) is 0 Å². The molecule has 0 atom stereocenters. The van der Waals surface area contributed by atoms with Crippen LogP contribution in [0, 0.1) is 0 Å². The van der Waals surface area contributed by atoms with Gasteiger partial charge in [-0.2, -0.15) is 0 Å². The SMILES string of the molecule is CCCCOC(OCCCC)c1ccc2c(c1CCCCCCCCCCC(OCCCC)(OCCCC)OCCCC)Cc1ccccc1-2. The number of ether oxygens (including phenoxy) is 5. The summed E-state index contributed by atoms with van der Waals surface area (Å²) in [5, 5.41) is 0. The van der Waals surface area contributed by atoms with Crippen LogP contribution in [0.4, 0.5) is 0 Å². The summed E-state index contributed by atoms with van der Waals surface area (Å²) >= 11 is 0. The minimum atomic E-state index is -0.863. The predicted molar refractivity (Wildman–Crippen MR) is 210 cm³/mol. The average molecular weight is 695 g/mol. The van der Waals surface area contributed by atoms with Crippen LogP contribution >= 0.6 is 0 Å². The molecule has 2 aromatic carbocycles. The Labute approximate surface area is 307 Å². The van der Waals surface area contributed by atoms with Gasteiger partial charge in [0, 0.05) is 12.0 Å². The Balaban J connectivity index is 1.51. The maximum atomic E-state index is 6.43. The quantitative estimate of drug-likeness (QED) is 0.0481. The highest BCUT2D eigenvalue weighted by Gasteiger charge is 2.33. The van der Waals surface area contributed by atoms with Gasteiger partial charge in [0.2, 0.25) is 0 Å². The van der Waals surface area contributed by atoms with Crippen LogP contribution in [0.5, 0.6) is 0 Å². The van der Waals surface area contributed by atoms with Gasteiger partial charge in [0.1, 0.15) is 0 Å². The number of rotatable bonds is 32. The third-order valence-electron chi connectivity index (χ3n) is 10.0. The summed E-state index contributed by atoms with van der Waals surface area (Å²) in [6.07, 6.45) is 23.4. The van der Waals surface area contributed by atoms with Crippen molar-refractivity contribution in [3.8, 4) is 11.1 Å². The highest BCUT2D eigenvalue weighted by atomic mass is 16.9. The van der Waals surface area contributed by atoms with Crippen molar-refractivity contribution in [2.24, 2.45) is 0 Å². The Morgan fingerprint density at radius 2 is 1.02 bits per heavy atom. The zero-order chi connectivity index (χ0) is 35.7. The highest BCUT2D eigenvalue weighted by molar-refractivity contribution is 5.78. The summed E-state index contributed by atoms with van der Waals surface area (Å²) in [5.41, 5.74) is 8.49. The molecule has 284 valence electrons. The zero-order valence-electron chi connectivity index (χ0n) is 33.0. The van der Waals surface area contributed by atoms with E-state index in [1.165, 1.54) is 78.3 Å². The molecule has 0 radical (unpaired) electrons. The van der Waals surface area contributed by atoms with Gasteiger partial charge in [-0.25, -0.2) is 0 Å². The van der Waals surface area contributed by atoms with Crippen molar-refractivity contribution >= 4 is 0 Å². The molecule has 50 heavy (non-hydrogen) atoms. The molecule has 0 spiro atoms. The van der Waals surface area contributed by atoms with Crippen LogP contribution < -0.4 is 0 Å². The van der Waals surface area contributed by atoms with Gasteiger partial charge in [0.15, 0.2) is 6.29 Å². The van der Waals surface area contributed by atoms with Crippen molar-refractivity contribution in [3.05, 3.63) is 58.7 Å². The fraction of sp³-hybridized carbons (Fsp3) is 0.733. The van der Waals surface area contributed by atoms with Crippen molar-refractivity contribution < 1.29 is 23.7 Å². The number of hydrogen-bond acceptors (Lipinski definition) is 5. The largest absolute Gasteiger partial charge is 0.348 e. The summed E-state index contributed by atoms with van der Waals surface area (Å²) < 4.78 is 31.9. The van der Waals surface area contributed by atoms with Crippen LogP contribution in [-0.4, -0.2) is 39.0 Å². The van der Waals surface area contributed by atoms with E-state index in [9.17, 15) is 0 Å². The molecule has 0 aliphatic heterocycles. The Morgan fingerprint density at radius 3 is 1.58 bits per heavy atom. The van der Waals surface area contributed by atoms with Crippen molar-refractivity contribution in [2.45, 2.75) is 182 Å². The molecule has 0 fully saturated rings. The van der Waals surface area contributed by atoms with E-state index in [1.54, 1.807) is 0 Å². The maximum absolute atomic E-state index is 6.43. The molecule has 1 aliphatic carbocycles. The van der Waals surface area contributed by atoms with Crippen LogP contribution in [0.25, 0.3) is 11.1 Å². The van der Waals surface area contributed by atoms with Gasteiger partial charge in [-0.15, -0.1) is 0 Å². The Kier molecular flexibility index (Phi) is 22.2. The van der Waals surface area contributed by atoms with Crippen molar-refractivity contribution in [1.82, 2.24) is 0 Å². The van der Waals surface area contributed by atoms with E-state index in [0.29, 0.717) is 19.8 Å². The molecule has 5 heteroatoms. The molecule has 0 aromatic heterocycles. The van der Waals surface area contributed by atoms with E-state index in [-0.39, 0.29) is 6.29 Å². The van der Waals surface area contributed by atoms with Crippen LogP contribution in [0.2, 0.25) is 0 Å². The molecule has 2 aromatic rings. The predicted octanol–water partition coefficient (Wildman–Crippen LogP) is 13.0. The second-order valence-corrected chi connectivity index (χ2v) is 14.4. The molecule has 0 unspecified atom stereocenters. The molecule has 0 saturated carbocycles. The second kappa shape index (κ2) is 26.1. The molecule has 0 amide bonds. The maximum Gasteiger partial charge on any atom is 0.282 e. The minimum Gasteiger partial charge on any atom is -0.348 e. The Hall–Kier alpha value is -1.76. The van der Waals surface area contributed by atoms with Gasteiger partial charge in [-0.1, -0.05) is 142 Å². The van der Waals surface area contributed by atoms with Crippen LogP contribution in [0.15, 0.2) is 36.4 Å². The first-order valence-electron chi connectivity index (χ1n) is 21.0. The minimum absolute atomic E-state index is 0.276. The van der Waals surface area contributed by atoms with Gasteiger partial charge >= 0.3 is 0 Å². The molecular weight excluding hydrogens is 620 g/mol. The number of unbranched alkanes of at least 4 members (excludes halogenated alkanes) is 12. The monoisotopic (exact) mass is 695 g/mol. The van der Waals surface area contributed by atoms with Crippen molar-refractivity contribution in [1.29, 1.82) is 0 Å². The van der Waals surface area contributed by atoms with E-state index < -0.39 is 5.97 Å². The number of hydrogen-bond donors (Lipinski definition) is 0. The van der Waals surface area contributed by atoms with E-state index in [1.807, 2.05) is 0 Å². The first kappa shape index (κ1) is 42.7. The lowest BCUT2D eigenvalue weighted by molar-refractivity contribution is -0.384. The van der Waals surface area contributed by atoms with E-state index in [4.69, 9.17) is 23.7 Å². The lowest BCUT2D eigenvalue weighted by Gasteiger charge is -2.33. The molecule has 0 bridgehead atoms. The normalized spacial score (nSPS) is 12.6. The summed E-state index contributed by atoms with van der Waals surface area (Å²) in [6, 6.07) is 13.6. The van der Waals surface area contributed by atoms with Crippen molar-refractivity contribution in [2.75, 3.05) is 33.0 Å². The van der Waals surface area contributed by atoms with Gasteiger partial charge in [-0.05, 0) is 85.6 Å². The number of benzene rings is 2. The lowest BCUT2D eigenvalue weighted by Crippen LogP contribution is -2.40. The van der Waals surface area contributed by atoms with E-state index in [2.05, 4.69) is 71.0 Å². The summed E-state index contributed by atoms with van der Waals surface area (Å²) in [5.74, 6) is -0.863. The fourth-order valence-electron chi connectivity index (χ4n) is 6.87. The smallest absolute Gasteiger partial charge is 0.282 e. The fourth-order valence-corrected chi connectivity index (χ4v) is 6.87. The van der Waals surface area contributed by atoms with E-state index in [0.717, 1.165) is 103 Å². The molecule has 1 aliphatic rings. The lowest BCUT2D eigenvalue weighted by atomic mass is 9.91. The molecule has 5 nitrogen and oxygen atoms in total. The first-order chi connectivity index (χ1) is 24.6. The molecule has 0 heterocycles. The van der Waals surface area contributed by atoms with E-state index >= 15 is 0 Å². The van der Waals surface area contributed by atoms with Crippen LogP contribution in [0.3, 0.4) is 0 Å². The third-order valence-corrected chi connectivity index (χ3v) is 10.0. The third kappa shape index (κ3) is 14.7. The number of fused-ring (bicyclic) bond motifs is 3. The van der Waals surface area contributed by atoms with Gasteiger partial charge in [0.25, 0.3) is 5.97 Å². The molecular formula is C45H74O5. The van der Waals surface area contributed by atoms with Gasteiger partial charge < -0.3 is 23.7 Å². The first-order valence-corrected chi connectivity index (χ1v) is 21.0. The average Bonchev–Trinajstić information content (AvgIpc) is 3.51. The summed E-state index contributed by atoms with van der Waals surface area (Å²) in [7, 11) is 0. The van der Waals surface area contributed by atoms with Crippen molar-refractivity contribution in [3.63, 3.8) is 0 Å². The Morgan fingerprint density at radius 1 is 0.520 bits per heavy atom. The topological polar surface area (TPSA) is 46.2 Å². The van der Waals surface area contributed by atoms with Gasteiger partial charge in [0.05, 0.1) is 33.0 Å². The second-order valence-electron chi connectivity index (χ2n) is 14.4. The van der Waals surface area contributed by atoms with Crippen LogP contribution in [-0.2, 0) is 36.5 Å².